The van der Waals surface area contributed by atoms with Crippen molar-refractivity contribution in [1.29, 1.82) is 0 Å². The third-order valence-corrected chi connectivity index (χ3v) is 4.41. The van der Waals surface area contributed by atoms with Crippen LogP contribution in [0.2, 0.25) is 0 Å². The van der Waals surface area contributed by atoms with Crippen molar-refractivity contribution in [1.82, 2.24) is 10.6 Å². The second kappa shape index (κ2) is 14.5. The number of rotatable bonds is 11. The van der Waals surface area contributed by atoms with E-state index >= 15 is 0 Å². The zero-order valence-electron chi connectivity index (χ0n) is 16.4. The maximum Gasteiger partial charge on any atom is 0.269 e. The lowest BCUT2D eigenvalue weighted by atomic mass is 10.1. The van der Waals surface area contributed by atoms with E-state index in [1.165, 1.54) is 0 Å². The molecular weight excluding hydrogens is 475 g/mol. The smallest absolute Gasteiger partial charge is 0.269 e. The van der Waals surface area contributed by atoms with Gasteiger partial charge >= 0.3 is 0 Å². The molecule has 158 valence electrons. The number of benzene rings is 1. The summed E-state index contributed by atoms with van der Waals surface area (Å²) in [5.41, 5.74) is 1.26. The molecule has 1 fully saturated rings. The molecule has 2 rings (SSSR count). The van der Waals surface area contributed by atoms with Crippen molar-refractivity contribution in [3.8, 4) is 0 Å². The van der Waals surface area contributed by atoms with Crippen LogP contribution in [0.25, 0.3) is 0 Å². The second-order valence-electron chi connectivity index (χ2n) is 6.52. The summed E-state index contributed by atoms with van der Waals surface area (Å²) in [6.07, 6.45) is 5.11. The molecule has 1 atom stereocenters. The zero-order valence-corrected chi connectivity index (χ0v) is 18.7. The monoisotopic (exact) mass is 506 g/mol. The van der Waals surface area contributed by atoms with E-state index in [4.69, 9.17) is 9.47 Å². The number of guanidine groups is 1. The highest BCUT2D eigenvalue weighted by Crippen LogP contribution is 2.13. The number of nitrogens with zero attached hydrogens (tertiary/aromatic N) is 2. The van der Waals surface area contributed by atoms with Gasteiger partial charge in [0.15, 0.2) is 5.96 Å². The summed E-state index contributed by atoms with van der Waals surface area (Å²) >= 11 is 0. The first kappa shape index (κ1) is 24.6. The molecule has 1 aliphatic rings. The largest absolute Gasteiger partial charge is 0.379 e. The van der Waals surface area contributed by atoms with Gasteiger partial charge in [-0.3, -0.25) is 15.1 Å². The fourth-order valence-electron chi connectivity index (χ4n) is 2.84. The molecule has 0 aromatic heterocycles. The van der Waals surface area contributed by atoms with E-state index in [1.54, 1.807) is 19.2 Å². The Bertz CT molecular complexity index is 592. The Kier molecular flexibility index (Phi) is 12.8. The molecule has 0 amide bonds. The lowest BCUT2D eigenvalue weighted by molar-refractivity contribution is -0.384. The van der Waals surface area contributed by atoms with Gasteiger partial charge in [0.2, 0.25) is 0 Å². The van der Waals surface area contributed by atoms with Gasteiger partial charge in [-0.05, 0) is 37.7 Å². The maximum absolute atomic E-state index is 10.6. The van der Waals surface area contributed by atoms with E-state index in [2.05, 4.69) is 15.6 Å². The van der Waals surface area contributed by atoms with Gasteiger partial charge in [0.1, 0.15) is 0 Å². The summed E-state index contributed by atoms with van der Waals surface area (Å²) in [4.78, 5) is 14.5. The van der Waals surface area contributed by atoms with Crippen molar-refractivity contribution < 1.29 is 14.4 Å². The van der Waals surface area contributed by atoms with Gasteiger partial charge in [-0.25, -0.2) is 0 Å². The average Bonchev–Trinajstić information content (AvgIpc) is 3.19. The predicted molar refractivity (Wildman–Crippen MR) is 121 cm³/mol. The van der Waals surface area contributed by atoms with Crippen LogP contribution < -0.4 is 10.6 Å². The predicted octanol–water partition coefficient (Wildman–Crippen LogP) is 2.90. The SMILES string of the molecule is CN=C(NCCCCc1ccc([N+](=O)[O-])cc1)NCCCOC1CCOC1.I. The Morgan fingerprint density at radius 3 is 2.57 bits per heavy atom. The number of hydrogen-bond donors (Lipinski definition) is 2. The van der Waals surface area contributed by atoms with Gasteiger partial charge < -0.3 is 20.1 Å². The molecule has 9 heteroatoms. The van der Waals surface area contributed by atoms with E-state index in [0.29, 0.717) is 0 Å². The van der Waals surface area contributed by atoms with E-state index in [1.807, 2.05) is 12.1 Å². The molecule has 1 aromatic rings. The first-order chi connectivity index (χ1) is 13.2. The van der Waals surface area contributed by atoms with Gasteiger partial charge in [0.05, 0.1) is 17.6 Å². The third-order valence-electron chi connectivity index (χ3n) is 4.41. The standard InChI is InChI=1S/C19H30N4O4.HI/c1-20-19(22-12-4-13-27-18-10-14-26-15-18)21-11-3-2-5-16-6-8-17(9-7-16)23(24)25;/h6-9,18H,2-5,10-15H2,1H3,(H2,20,21,22);1H. The van der Waals surface area contributed by atoms with Crippen LogP contribution in [0.4, 0.5) is 5.69 Å². The highest BCUT2D eigenvalue weighted by Gasteiger charge is 2.15. The van der Waals surface area contributed by atoms with E-state index < -0.39 is 0 Å². The quantitative estimate of drug-likeness (QED) is 0.120. The number of aliphatic imine (C=N–C) groups is 1. The fourth-order valence-corrected chi connectivity index (χ4v) is 2.84. The van der Waals surface area contributed by atoms with Crippen molar-refractivity contribution in [2.75, 3.05) is 40.0 Å². The number of nitro benzene ring substituents is 1. The third kappa shape index (κ3) is 9.65. The molecule has 1 aromatic carbocycles. The minimum Gasteiger partial charge on any atom is -0.379 e. The van der Waals surface area contributed by atoms with Crippen LogP contribution in [-0.2, 0) is 15.9 Å². The van der Waals surface area contributed by atoms with Crippen molar-refractivity contribution in [3.63, 3.8) is 0 Å². The summed E-state index contributed by atoms with van der Waals surface area (Å²) in [6, 6.07) is 6.77. The fraction of sp³-hybridized carbons (Fsp3) is 0.632. The van der Waals surface area contributed by atoms with Crippen molar-refractivity contribution >= 4 is 35.6 Å². The maximum atomic E-state index is 10.6. The summed E-state index contributed by atoms with van der Waals surface area (Å²) in [7, 11) is 1.76. The second-order valence-corrected chi connectivity index (χ2v) is 6.52. The van der Waals surface area contributed by atoms with E-state index in [-0.39, 0.29) is 40.7 Å². The summed E-state index contributed by atoms with van der Waals surface area (Å²) < 4.78 is 11.0. The Balaban J connectivity index is 0.00000392. The number of non-ortho nitro benzene ring substituents is 1. The van der Waals surface area contributed by atoms with Gasteiger partial charge in [0.25, 0.3) is 5.69 Å². The molecule has 0 aliphatic carbocycles. The topological polar surface area (TPSA) is 98.0 Å². The zero-order chi connectivity index (χ0) is 19.3. The summed E-state index contributed by atoms with van der Waals surface area (Å²) in [5, 5.41) is 17.2. The van der Waals surface area contributed by atoms with Crippen LogP contribution in [0.15, 0.2) is 29.3 Å². The van der Waals surface area contributed by atoms with Crippen LogP contribution in [-0.4, -0.2) is 56.9 Å². The molecule has 1 heterocycles. The molecule has 1 aliphatic heterocycles. The van der Waals surface area contributed by atoms with E-state index in [9.17, 15) is 10.1 Å². The number of aryl methyl sites for hydroxylation is 1. The summed E-state index contributed by atoms with van der Waals surface area (Å²) in [5.74, 6) is 0.800. The first-order valence-corrected chi connectivity index (χ1v) is 9.56. The van der Waals surface area contributed by atoms with E-state index in [0.717, 1.165) is 76.5 Å². The number of nitrogens with one attached hydrogen (secondary N) is 2. The van der Waals surface area contributed by atoms with Gasteiger partial charge in [0, 0.05) is 45.5 Å². The minimum absolute atomic E-state index is 0. The molecule has 0 radical (unpaired) electrons. The van der Waals surface area contributed by atoms with Crippen LogP contribution >= 0.6 is 24.0 Å². The van der Waals surface area contributed by atoms with Gasteiger partial charge in [-0.1, -0.05) is 12.1 Å². The molecule has 2 N–H and O–H groups in total. The van der Waals surface area contributed by atoms with Gasteiger partial charge in [-0.15, -0.1) is 24.0 Å². The van der Waals surface area contributed by atoms with Crippen molar-refractivity contribution in [2.45, 2.75) is 38.2 Å². The highest BCUT2D eigenvalue weighted by molar-refractivity contribution is 14.0. The Hall–Kier alpha value is -1.46. The molecule has 0 saturated carbocycles. The molecule has 0 bridgehead atoms. The molecule has 8 nitrogen and oxygen atoms in total. The van der Waals surface area contributed by atoms with Crippen LogP contribution in [0.5, 0.6) is 0 Å². The van der Waals surface area contributed by atoms with Gasteiger partial charge in [-0.2, -0.15) is 0 Å². The Morgan fingerprint density at radius 2 is 1.96 bits per heavy atom. The number of hydrogen-bond acceptors (Lipinski definition) is 5. The normalized spacial score (nSPS) is 16.5. The number of nitro groups is 1. The lowest BCUT2D eigenvalue weighted by Crippen LogP contribution is -2.38. The molecule has 0 spiro atoms. The molecular formula is C19H31IN4O4. The Morgan fingerprint density at radius 1 is 1.25 bits per heavy atom. The molecule has 1 saturated heterocycles. The number of halogens is 1. The van der Waals surface area contributed by atoms with Crippen LogP contribution in [0.1, 0.15) is 31.2 Å². The van der Waals surface area contributed by atoms with Crippen LogP contribution in [0, 0.1) is 10.1 Å². The average molecular weight is 506 g/mol. The Labute approximate surface area is 183 Å². The lowest BCUT2D eigenvalue weighted by Gasteiger charge is -2.13. The summed E-state index contributed by atoms with van der Waals surface area (Å²) in [6.45, 7) is 3.91. The van der Waals surface area contributed by atoms with Crippen LogP contribution in [0.3, 0.4) is 0 Å². The van der Waals surface area contributed by atoms with Crippen molar-refractivity contribution in [2.24, 2.45) is 4.99 Å². The molecule has 28 heavy (non-hydrogen) atoms. The highest BCUT2D eigenvalue weighted by atomic mass is 127. The number of ether oxygens (including phenoxy) is 2. The first-order valence-electron chi connectivity index (χ1n) is 9.56. The number of unbranched alkanes of at least 4 members (excludes halogenated alkanes) is 1. The van der Waals surface area contributed by atoms with Crippen molar-refractivity contribution in [3.05, 3.63) is 39.9 Å². The minimum atomic E-state index is -0.373. The molecule has 1 unspecified atom stereocenters.